The minimum absolute atomic E-state index is 0.681. The van der Waals surface area contributed by atoms with Crippen molar-refractivity contribution in [3.05, 3.63) is 12.3 Å². The molecule has 0 aromatic carbocycles. The molecule has 0 fully saturated rings. The summed E-state index contributed by atoms with van der Waals surface area (Å²) in [7, 11) is 1.60. The summed E-state index contributed by atoms with van der Waals surface area (Å²) in [6.45, 7) is 0. The van der Waals surface area contributed by atoms with Gasteiger partial charge in [0.1, 0.15) is 0 Å². The molecule has 0 aromatic rings. The Labute approximate surface area is 41.8 Å². The molecule has 1 rings (SSSR count). The van der Waals surface area contributed by atoms with Gasteiger partial charge in [0.05, 0.1) is 13.3 Å². The summed E-state index contributed by atoms with van der Waals surface area (Å²) < 4.78 is 0. The van der Waals surface area contributed by atoms with Gasteiger partial charge in [0.15, 0.2) is 6.20 Å². The van der Waals surface area contributed by atoms with Gasteiger partial charge in [-0.15, -0.1) is 0 Å². The third kappa shape index (κ3) is 0.852. The zero-order valence-corrected chi connectivity index (χ0v) is 4.09. The standard InChI is InChI=1S/C4H6N2O/c1-7-6-4-2-3-5-6/h2-4H,1H3/p+1. The second kappa shape index (κ2) is 1.86. The van der Waals surface area contributed by atoms with Crippen molar-refractivity contribution < 1.29 is 10.0 Å². The predicted octanol–water partition coefficient (Wildman–Crippen LogP) is -1.05. The first-order valence-electron chi connectivity index (χ1n) is 2.05. The molecular weight excluding hydrogens is 92.1 g/mol. The fourth-order valence-corrected chi connectivity index (χ4v) is 0.406. The maximum Gasteiger partial charge on any atom is 0.157 e. The van der Waals surface area contributed by atoms with Gasteiger partial charge in [-0.3, -0.25) is 0 Å². The van der Waals surface area contributed by atoms with E-state index in [0.717, 1.165) is 0 Å². The average Bonchev–Trinajstić information content (AvgIpc) is 2.14. The van der Waals surface area contributed by atoms with Crippen LogP contribution in [0.2, 0.25) is 0 Å². The number of quaternary nitrogens is 1. The van der Waals surface area contributed by atoms with E-state index < -0.39 is 0 Å². The van der Waals surface area contributed by atoms with Crippen molar-refractivity contribution in [1.29, 1.82) is 0 Å². The monoisotopic (exact) mass is 99.1 g/mol. The molecule has 0 bridgehead atoms. The number of hydroxylamine groups is 1. The molecule has 3 heteroatoms. The highest BCUT2D eigenvalue weighted by molar-refractivity contribution is 5.70. The first kappa shape index (κ1) is 4.49. The van der Waals surface area contributed by atoms with Gasteiger partial charge < -0.3 is 0 Å². The van der Waals surface area contributed by atoms with Crippen LogP contribution in [0.15, 0.2) is 17.4 Å². The molecule has 0 saturated carbocycles. The minimum Gasteiger partial charge on any atom is -0.175 e. The molecule has 1 heterocycles. The molecule has 0 amide bonds. The number of rotatable bonds is 1. The van der Waals surface area contributed by atoms with E-state index in [9.17, 15) is 0 Å². The molecule has 0 spiro atoms. The zero-order valence-electron chi connectivity index (χ0n) is 4.09. The molecule has 1 aliphatic heterocycles. The molecule has 3 nitrogen and oxygen atoms in total. The van der Waals surface area contributed by atoms with Crippen LogP contribution in [0.1, 0.15) is 0 Å². The lowest BCUT2D eigenvalue weighted by Gasteiger charge is -1.93. The lowest BCUT2D eigenvalue weighted by Crippen LogP contribution is -3.00. The lowest BCUT2D eigenvalue weighted by molar-refractivity contribution is -1.05. The Morgan fingerprint density at radius 2 is 2.57 bits per heavy atom. The largest absolute Gasteiger partial charge is 0.175 e. The predicted molar refractivity (Wildman–Crippen MR) is 25.6 cm³/mol. The van der Waals surface area contributed by atoms with Crippen molar-refractivity contribution in [3.63, 3.8) is 0 Å². The second-order valence-corrected chi connectivity index (χ2v) is 1.18. The first-order chi connectivity index (χ1) is 3.43. The van der Waals surface area contributed by atoms with Crippen LogP contribution in [0, 0.1) is 0 Å². The van der Waals surface area contributed by atoms with Crippen molar-refractivity contribution >= 4 is 6.21 Å². The van der Waals surface area contributed by atoms with Crippen LogP contribution in [0.25, 0.3) is 0 Å². The molecule has 1 unspecified atom stereocenters. The molecule has 1 N–H and O–H groups in total. The molecule has 0 radical (unpaired) electrons. The Balaban J connectivity index is 2.44. The Morgan fingerprint density at radius 3 is 2.86 bits per heavy atom. The summed E-state index contributed by atoms with van der Waals surface area (Å²) >= 11 is 0. The number of allylic oxidation sites excluding steroid dienone is 1. The Bertz CT molecular complexity index is 96.3. The van der Waals surface area contributed by atoms with Gasteiger partial charge in [0, 0.05) is 6.08 Å². The highest BCUT2D eigenvalue weighted by Gasteiger charge is 2.00. The molecule has 1 atom stereocenters. The van der Waals surface area contributed by atoms with Crippen molar-refractivity contribution in [3.8, 4) is 0 Å². The Kier molecular flexibility index (Phi) is 1.19. The van der Waals surface area contributed by atoms with Crippen molar-refractivity contribution in [2.75, 3.05) is 7.11 Å². The molecule has 0 aliphatic carbocycles. The van der Waals surface area contributed by atoms with Gasteiger partial charge in [0.25, 0.3) is 0 Å². The summed E-state index contributed by atoms with van der Waals surface area (Å²) in [6.07, 6.45) is 5.33. The van der Waals surface area contributed by atoms with E-state index in [4.69, 9.17) is 4.84 Å². The molecule has 7 heavy (non-hydrogen) atoms. The molecule has 1 aliphatic rings. The van der Waals surface area contributed by atoms with E-state index in [1.165, 1.54) is 0 Å². The summed E-state index contributed by atoms with van der Waals surface area (Å²) in [5.74, 6) is 0. The number of nitrogens with zero attached hydrogens (tertiary/aromatic N) is 1. The van der Waals surface area contributed by atoms with Crippen molar-refractivity contribution in [2.45, 2.75) is 0 Å². The molecule has 38 valence electrons. The van der Waals surface area contributed by atoms with E-state index >= 15 is 0 Å². The highest BCUT2D eigenvalue weighted by atomic mass is 16.7. The van der Waals surface area contributed by atoms with E-state index in [2.05, 4.69) is 5.10 Å². The van der Waals surface area contributed by atoms with Gasteiger partial charge in [-0.25, -0.2) is 0 Å². The van der Waals surface area contributed by atoms with Crippen LogP contribution in [-0.2, 0) is 4.84 Å². The van der Waals surface area contributed by atoms with Crippen molar-refractivity contribution in [1.82, 2.24) is 0 Å². The highest BCUT2D eigenvalue weighted by Crippen LogP contribution is 1.64. The SMILES string of the molecule is CO[NH+]1C=CC=N1. The summed E-state index contributed by atoms with van der Waals surface area (Å²) in [4.78, 5) is 4.74. The topological polar surface area (TPSA) is 26.0 Å². The van der Waals surface area contributed by atoms with E-state index in [-0.39, 0.29) is 0 Å². The van der Waals surface area contributed by atoms with Gasteiger partial charge in [0.2, 0.25) is 0 Å². The van der Waals surface area contributed by atoms with Crippen LogP contribution in [0.3, 0.4) is 0 Å². The van der Waals surface area contributed by atoms with E-state index in [1.54, 1.807) is 19.5 Å². The number of hydrogen-bond donors (Lipinski definition) is 1. The number of nitrogens with one attached hydrogen (secondary N) is 1. The van der Waals surface area contributed by atoms with Crippen molar-refractivity contribution in [2.24, 2.45) is 5.10 Å². The Morgan fingerprint density at radius 1 is 1.71 bits per heavy atom. The van der Waals surface area contributed by atoms with E-state index in [0.29, 0.717) is 5.17 Å². The summed E-state index contributed by atoms with van der Waals surface area (Å²) in [5, 5.41) is 4.49. The van der Waals surface area contributed by atoms with Gasteiger partial charge in [-0.05, 0) is 5.17 Å². The maximum absolute atomic E-state index is 4.74. The fourth-order valence-electron chi connectivity index (χ4n) is 0.406. The third-order valence-corrected chi connectivity index (χ3v) is 0.736. The average molecular weight is 99.1 g/mol. The normalized spacial score (nSPS) is 26.7. The minimum atomic E-state index is 0.681. The van der Waals surface area contributed by atoms with E-state index in [1.807, 2.05) is 6.08 Å². The second-order valence-electron chi connectivity index (χ2n) is 1.18. The first-order valence-corrected chi connectivity index (χ1v) is 2.05. The third-order valence-electron chi connectivity index (χ3n) is 0.736. The van der Waals surface area contributed by atoms with Crippen LogP contribution in [-0.4, -0.2) is 13.3 Å². The van der Waals surface area contributed by atoms with Crippen LogP contribution < -0.4 is 5.17 Å². The van der Waals surface area contributed by atoms with Crippen LogP contribution >= 0.6 is 0 Å². The lowest BCUT2D eigenvalue weighted by atomic mass is 10.7. The smallest absolute Gasteiger partial charge is 0.157 e. The maximum atomic E-state index is 4.74. The Hall–Kier alpha value is -0.670. The van der Waals surface area contributed by atoms with Gasteiger partial charge in [-0.2, -0.15) is 4.84 Å². The molecule has 0 aromatic heterocycles. The van der Waals surface area contributed by atoms with Crippen LogP contribution in [0.4, 0.5) is 0 Å². The molecular formula is C4H7N2O+. The van der Waals surface area contributed by atoms with Gasteiger partial charge >= 0.3 is 0 Å². The summed E-state index contributed by atoms with van der Waals surface area (Å²) in [6, 6.07) is 0. The molecule has 0 saturated heterocycles. The van der Waals surface area contributed by atoms with Gasteiger partial charge in [-0.1, -0.05) is 5.10 Å². The zero-order chi connectivity index (χ0) is 5.11. The quantitative estimate of drug-likeness (QED) is 0.446. The number of hydrogen-bond acceptors (Lipinski definition) is 2. The van der Waals surface area contributed by atoms with Crippen LogP contribution in [0.5, 0.6) is 0 Å². The fraction of sp³-hybridized carbons (Fsp3) is 0.250. The summed E-state index contributed by atoms with van der Waals surface area (Å²) in [5.41, 5.74) is 0.